The largest absolute Gasteiger partial charge is 0.312 e. The Morgan fingerprint density at radius 2 is 2.12 bits per heavy atom. The van der Waals surface area contributed by atoms with Gasteiger partial charge in [-0.25, -0.2) is 4.39 Å². The SMILES string of the molecule is Cc1cc(F)c(Br)cc1N1CCCCC1=O. The van der Waals surface area contributed by atoms with E-state index in [-0.39, 0.29) is 11.7 Å². The predicted molar refractivity (Wildman–Crippen MR) is 65.0 cm³/mol. The highest BCUT2D eigenvalue weighted by atomic mass is 79.9. The van der Waals surface area contributed by atoms with Crippen LogP contribution in [-0.4, -0.2) is 12.5 Å². The van der Waals surface area contributed by atoms with E-state index < -0.39 is 0 Å². The van der Waals surface area contributed by atoms with Gasteiger partial charge in [0, 0.05) is 18.7 Å². The Balaban J connectivity index is 2.39. The molecule has 0 atom stereocenters. The maximum Gasteiger partial charge on any atom is 0.226 e. The molecule has 0 saturated carbocycles. The first kappa shape index (κ1) is 11.6. The van der Waals surface area contributed by atoms with Gasteiger partial charge in [-0.1, -0.05) is 0 Å². The van der Waals surface area contributed by atoms with E-state index in [0.29, 0.717) is 10.9 Å². The number of rotatable bonds is 1. The molecule has 2 rings (SSSR count). The summed E-state index contributed by atoms with van der Waals surface area (Å²) in [5, 5.41) is 0. The monoisotopic (exact) mass is 285 g/mol. The Kier molecular flexibility index (Phi) is 3.28. The van der Waals surface area contributed by atoms with Crippen molar-refractivity contribution in [1.29, 1.82) is 0 Å². The number of halogens is 2. The number of benzene rings is 1. The zero-order valence-corrected chi connectivity index (χ0v) is 10.7. The van der Waals surface area contributed by atoms with Gasteiger partial charge in [-0.05, 0) is 53.4 Å². The van der Waals surface area contributed by atoms with E-state index in [4.69, 9.17) is 0 Å². The highest BCUT2D eigenvalue weighted by Crippen LogP contribution is 2.29. The average Bonchev–Trinajstić information content (AvgIpc) is 2.25. The molecule has 1 fully saturated rings. The van der Waals surface area contributed by atoms with Crippen molar-refractivity contribution in [2.24, 2.45) is 0 Å². The second kappa shape index (κ2) is 4.53. The van der Waals surface area contributed by atoms with Crippen molar-refractivity contribution in [3.63, 3.8) is 0 Å². The maximum atomic E-state index is 13.3. The summed E-state index contributed by atoms with van der Waals surface area (Å²) < 4.78 is 13.7. The summed E-state index contributed by atoms with van der Waals surface area (Å²) in [5.41, 5.74) is 1.62. The fourth-order valence-corrected chi connectivity index (χ4v) is 2.32. The molecule has 16 heavy (non-hydrogen) atoms. The van der Waals surface area contributed by atoms with Crippen LogP contribution in [0.2, 0.25) is 0 Å². The number of carbonyl (C=O) groups is 1. The van der Waals surface area contributed by atoms with Crippen LogP contribution in [0, 0.1) is 12.7 Å². The Morgan fingerprint density at radius 3 is 2.81 bits per heavy atom. The standard InChI is InChI=1S/C12H13BrFNO/c1-8-6-10(14)9(13)7-11(8)15-5-3-2-4-12(15)16/h6-7H,2-5H2,1H3. The molecule has 0 spiro atoms. The van der Waals surface area contributed by atoms with Gasteiger partial charge in [-0.3, -0.25) is 4.79 Å². The Bertz CT molecular complexity index is 433. The normalized spacial score (nSPS) is 16.7. The molecule has 1 saturated heterocycles. The van der Waals surface area contributed by atoms with Crippen molar-refractivity contribution >= 4 is 27.5 Å². The third-order valence-corrected chi connectivity index (χ3v) is 3.46. The van der Waals surface area contributed by atoms with E-state index in [1.54, 1.807) is 11.0 Å². The molecule has 0 unspecified atom stereocenters. The lowest BCUT2D eigenvalue weighted by Crippen LogP contribution is -2.35. The molecule has 0 aliphatic carbocycles. The lowest BCUT2D eigenvalue weighted by Gasteiger charge is -2.28. The summed E-state index contributed by atoms with van der Waals surface area (Å²) in [4.78, 5) is 13.5. The third kappa shape index (κ3) is 2.12. The minimum atomic E-state index is -0.286. The number of hydrogen-bond donors (Lipinski definition) is 0. The molecule has 1 aromatic rings. The molecule has 86 valence electrons. The zero-order valence-electron chi connectivity index (χ0n) is 9.09. The van der Waals surface area contributed by atoms with Gasteiger partial charge in [-0.2, -0.15) is 0 Å². The van der Waals surface area contributed by atoms with Crippen LogP contribution in [-0.2, 0) is 4.79 Å². The van der Waals surface area contributed by atoms with Gasteiger partial charge >= 0.3 is 0 Å². The lowest BCUT2D eigenvalue weighted by atomic mass is 10.1. The number of hydrogen-bond acceptors (Lipinski definition) is 1. The van der Waals surface area contributed by atoms with Gasteiger partial charge < -0.3 is 4.90 Å². The topological polar surface area (TPSA) is 20.3 Å². The van der Waals surface area contributed by atoms with Crippen LogP contribution in [0.4, 0.5) is 10.1 Å². The van der Waals surface area contributed by atoms with Crippen molar-refractivity contribution in [2.45, 2.75) is 26.2 Å². The van der Waals surface area contributed by atoms with Crippen molar-refractivity contribution in [3.8, 4) is 0 Å². The van der Waals surface area contributed by atoms with E-state index in [1.807, 2.05) is 6.92 Å². The van der Waals surface area contributed by atoms with E-state index in [2.05, 4.69) is 15.9 Å². The van der Waals surface area contributed by atoms with Crippen molar-refractivity contribution in [1.82, 2.24) is 0 Å². The molecule has 1 amide bonds. The molecule has 0 bridgehead atoms. The second-order valence-electron chi connectivity index (χ2n) is 4.06. The zero-order chi connectivity index (χ0) is 11.7. The quantitative estimate of drug-likeness (QED) is 0.774. The van der Waals surface area contributed by atoms with Crippen LogP contribution < -0.4 is 4.90 Å². The van der Waals surface area contributed by atoms with Crippen molar-refractivity contribution < 1.29 is 9.18 Å². The number of amides is 1. The summed E-state index contributed by atoms with van der Waals surface area (Å²) in [6.07, 6.45) is 2.56. The number of anilines is 1. The second-order valence-corrected chi connectivity index (χ2v) is 4.91. The lowest BCUT2D eigenvalue weighted by molar-refractivity contribution is -0.119. The van der Waals surface area contributed by atoms with Gasteiger partial charge in [0.2, 0.25) is 5.91 Å². The fourth-order valence-electron chi connectivity index (χ4n) is 1.99. The van der Waals surface area contributed by atoms with Crippen LogP contribution in [0.1, 0.15) is 24.8 Å². The smallest absolute Gasteiger partial charge is 0.226 e. The third-order valence-electron chi connectivity index (χ3n) is 2.85. The summed E-state index contributed by atoms with van der Waals surface area (Å²) in [5.74, 6) is -0.154. The van der Waals surface area contributed by atoms with E-state index >= 15 is 0 Å². The number of nitrogens with zero attached hydrogens (tertiary/aromatic N) is 1. The van der Waals surface area contributed by atoms with Gasteiger partial charge in [0.05, 0.1) is 4.47 Å². The molecular weight excluding hydrogens is 273 g/mol. The minimum Gasteiger partial charge on any atom is -0.312 e. The molecule has 0 aromatic heterocycles. The Morgan fingerprint density at radius 1 is 1.38 bits per heavy atom. The van der Waals surface area contributed by atoms with Crippen LogP contribution in [0.25, 0.3) is 0 Å². The van der Waals surface area contributed by atoms with Gasteiger partial charge in [0.15, 0.2) is 0 Å². The van der Waals surface area contributed by atoms with Crippen molar-refractivity contribution in [2.75, 3.05) is 11.4 Å². The summed E-state index contributed by atoms with van der Waals surface area (Å²) in [7, 11) is 0. The van der Waals surface area contributed by atoms with E-state index in [1.165, 1.54) is 6.07 Å². The highest BCUT2D eigenvalue weighted by Gasteiger charge is 2.21. The molecule has 1 heterocycles. The number of carbonyl (C=O) groups excluding carboxylic acids is 1. The fraction of sp³-hybridized carbons (Fsp3) is 0.417. The van der Waals surface area contributed by atoms with Crippen LogP contribution in [0.15, 0.2) is 16.6 Å². The molecule has 1 aliphatic heterocycles. The highest BCUT2D eigenvalue weighted by molar-refractivity contribution is 9.10. The maximum absolute atomic E-state index is 13.3. The first-order chi connectivity index (χ1) is 7.59. The first-order valence-corrected chi connectivity index (χ1v) is 6.15. The predicted octanol–water partition coefficient (Wildman–Crippen LogP) is 3.41. The Hall–Kier alpha value is -0.900. The summed E-state index contributed by atoms with van der Waals surface area (Å²) >= 11 is 3.15. The molecule has 1 aliphatic rings. The number of piperidine rings is 1. The number of aryl methyl sites for hydroxylation is 1. The first-order valence-electron chi connectivity index (χ1n) is 5.35. The van der Waals surface area contributed by atoms with Gasteiger partial charge in [-0.15, -0.1) is 0 Å². The van der Waals surface area contributed by atoms with Crippen LogP contribution in [0.3, 0.4) is 0 Å². The van der Waals surface area contributed by atoms with Crippen LogP contribution in [0.5, 0.6) is 0 Å². The molecule has 0 radical (unpaired) electrons. The molecule has 1 aromatic carbocycles. The Labute approximate surface area is 103 Å². The summed E-state index contributed by atoms with van der Waals surface area (Å²) in [6, 6.07) is 3.15. The minimum absolute atomic E-state index is 0.132. The molecule has 0 N–H and O–H groups in total. The molecule has 4 heteroatoms. The average molecular weight is 286 g/mol. The molecule has 2 nitrogen and oxygen atoms in total. The van der Waals surface area contributed by atoms with Gasteiger partial charge in [0.25, 0.3) is 0 Å². The van der Waals surface area contributed by atoms with Crippen LogP contribution >= 0.6 is 15.9 Å². The van der Waals surface area contributed by atoms with E-state index in [9.17, 15) is 9.18 Å². The summed E-state index contributed by atoms with van der Waals surface area (Å²) in [6.45, 7) is 2.56. The van der Waals surface area contributed by atoms with Gasteiger partial charge in [0.1, 0.15) is 5.82 Å². The molecular formula is C12H13BrFNO. The van der Waals surface area contributed by atoms with Crippen molar-refractivity contribution in [3.05, 3.63) is 28.0 Å². The van der Waals surface area contributed by atoms with E-state index in [0.717, 1.165) is 30.6 Å².